The summed E-state index contributed by atoms with van der Waals surface area (Å²) in [5, 5.41) is 8.46. The van der Waals surface area contributed by atoms with E-state index in [9.17, 15) is 0 Å². The van der Waals surface area contributed by atoms with Crippen LogP contribution in [0, 0.1) is 13.8 Å². The molecule has 24 heavy (non-hydrogen) atoms. The molecule has 1 aromatic carbocycles. The van der Waals surface area contributed by atoms with Gasteiger partial charge in [-0.3, -0.25) is 4.90 Å². The van der Waals surface area contributed by atoms with Gasteiger partial charge in [0.25, 0.3) is 0 Å². The Morgan fingerprint density at radius 3 is 2.92 bits per heavy atom. The second-order valence-corrected chi connectivity index (χ2v) is 6.49. The lowest BCUT2D eigenvalue weighted by atomic mass is 10.0. The summed E-state index contributed by atoms with van der Waals surface area (Å²) in [4.78, 5) is 2.54. The van der Waals surface area contributed by atoms with E-state index in [-0.39, 0.29) is 0 Å². The number of likely N-dealkylation sites (tertiary alicyclic amines) is 1. The molecule has 3 aromatic rings. The number of nitrogens with zero attached hydrogens (tertiary/aromatic N) is 4. The standard InChI is InChI=1S/C19H22N4O/c1-14-19(15(2)24-21-14)18-8-4-10-22(18)13-16-6-3-7-17(12-16)23-11-5-9-20-23/h3,5-7,9,11-12,18H,4,8,10,13H2,1-2H3/t18-/m1/s1. The Bertz CT molecular complexity index is 802. The topological polar surface area (TPSA) is 47.1 Å². The smallest absolute Gasteiger partial charge is 0.138 e. The second-order valence-electron chi connectivity index (χ2n) is 6.49. The summed E-state index contributed by atoms with van der Waals surface area (Å²) in [6, 6.07) is 11.0. The molecule has 5 heteroatoms. The van der Waals surface area contributed by atoms with E-state index in [1.165, 1.54) is 24.0 Å². The Morgan fingerprint density at radius 2 is 2.17 bits per heavy atom. The Hall–Kier alpha value is -2.40. The third kappa shape index (κ3) is 2.76. The average Bonchev–Trinajstić information content (AvgIpc) is 3.31. The largest absolute Gasteiger partial charge is 0.361 e. The molecule has 0 bridgehead atoms. The van der Waals surface area contributed by atoms with Crippen LogP contribution in [0.15, 0.2) is 47.2 Å². The molecule has 1 aliphatic rings. The summed E-state index contributed by atoms with van der Waals surface area (Å²) in [6.45, 7) is 6.11. The minimum absolute atomic E-state index is 0.407. The zero-order valence-corrected chi connectivity index (χ0v) is 14.1. The maximum absolute atomic E-state index is 5.39. The number of aromatic nitrogens is 3. The van der Waals surface area contributed by atoms with Crippen LogP contribution in [0.4, 0.5) is 0 Å². The van der Waals surface area contributed by atoms with Crippen molar-refractivity contribution in [3.63, 3.8) is 0 Å². The van der Waals surface area contributed by atoms with E-state index in [1.54, 1.807) is 6.20 Å². The molecule has 1 atom stereocenters. The van der Waals surface area contributed by atoms with Crippen molar-refractivity contribution in [2.75, 3.05) is 6.54 Å². The minimum atomic E-state index is 0.407. The fraction of sp³-hybridized carbons (Fsp3) is 0.368. The van der Waals surface area contributed by atoms with E-state index in [0.29, 0.717) is 6.04 Å². The molecule has 3 heterocycles. The Kier molecular flexibility index (Phi) is 3.94. The lowest BCUT2D eigenvalue weighted by molar-refractivity contribution is 0.245. The minimum Gasteiger partial charge on any atom is -0.361 e. The van der Waals surface area contributed by atoms with E-state index < -0.39 is 0 Å². The van der Waals surface area contributed by atoms with Gasteiger partial charge in [0.05, 0.1) is 11.4 Å². The first-order valence-electron chi connectivity index (χ1n) is 8.48. The van der Waals surface area contributed by atoms with Crippen LogP contribution < -0.4 is 0 Å². The van der Waals surface area contributed by atoms with Crippen molar-refractivity contribution in [1.82, 2.24) is 19.8 Å². The highest BCUT2D eigenvalue weighted by atomic mass is 16.5. The molecular weight excluding hydrogens is 300 g/mol. The summed E-state index contributed by atoms with van der Waals surface area (Å²) in [6.07, 6.45) is 6.16. The molecule has 5 nitrogen and oxygen atoms in total. The van der Waals surface area contributed by atoms with Crippen molar-refractivity contribution in [1.29, 1.82) is 0 Å². The molecule has 0 aliphatic carbocycles. The number of hydrogen-bond acceptors (Lipinski definition) is 4. The fourth-order valence-corrected chi connectivity index (χ4v) is 3.76. The van der Waals surface area contributed by atoms with E-state index in [4.69, 9.17) is 4.52 Å². The quantitative estimate of drug-likeness (QED) is 0.733. The van der Waals surface area contributed by atoms with Crippen molar-refractivity contribution >= 4 is 0 Å². The Labute approximate surface area is 141 Å². The van der Waals surface area contributed by atoms with Gasteiger partial charge in [-0.1, -0.05) is 17.3 Å². The van der Waals surface area contributed by atoms with Crippen LogP contribution in [-0.2, 0) is 6.54 Å². The molecule has 0 N–H and O–H groups in total. The van der Waals surface area contributed by atoms with Gasteiger partial charge in [0, 0.05) is 30.5 Å². The van der Waals surface area contributed by atoms with Crippen LogP contribution in [-0.4, -0.2) is 26.4 Å². The van der Waals surface area contributed by atoms with Crippen LogP contribution in [0.25, 0.3) is 5.69 Å². The van der Waals surface area contributed by atoms with Crippen LogP contribution in [0.5, 0.6) is 0 Å². The van der Waals surface area contributed by atoms with E-state index >= 15 is 0 Å². The fourth-order valence-electron chi connectivity index (χ4n) is 3.76. The summed E-state index contributed by atoms with van der Waals surface area (Å²) >= 11 is 0. The summed E-state index contributed by atoms with van der Waals surface area (Å²) < 4.78 is 7.29. The molecule has 124 valence electrons. The van der Waals surface area contributed by atoms with Crippen molar-refractivity contribution in [3.8, 4) is 5.69 Å². The second kappa shape index (κ2) is 6.24. The van der Waals surface area contributed by atoms with E-state index in [1.807, 2.05) is 30.8 Å². The molecule has 0 spiro atoms. The van der Waals surface area contributed by atoms with Gasteiger partial charge in [-0.2, -0.15) is 5.10 Å². The van der Waals surface area contributed by atoms with Crippen LogP contribution >= 0.6 is 0 Å². The molecule has 1 saturated heterocycles. The van der Waals surface area contributed by atoms with Gasteiger partial charge in [-0.15, -0.1) is 0 Å². The molecule has 1 aliphatic heterocycles. The molecule has 1 fully saturated rings. The number of aryl methyl sites for hydroxylation is 2. The van der Waals surface area contributed by atoms with Gasteiger partial charge in [-0.25, -0.2) is 4.68 Å². The zero-order chi connectivity index (χ0) is 16.5. The summed E-state index contributed by atoms with van der Waals surface area (Å²) in [5.41, 5.74) is 4.71. The van der Waals surface area contributed by atoms with Gasteiger partial charge in [0.15, 0.2) is 0 Å². The first-order valence-corrected chi connectivity index (χ1v) is 8.48. The van der Waals surface area contributed by atoms with Gasteiger partial charge >= 0.3 is 0 Å². The zero-order valence-electron chi connectivity index (χ0n) is 14.1. The van der Waals surface area contributed by atoms with Gasteiger partial charge in [-0.05, 0) is 57.0 Å². The van der Waals surface area contributed by atoms with E-state index in [2.05, 4.69) is 39.4 Å². The first kappa shape index (κ1) is 15.1. The third-order valence-electron chi connectivity index (χ3n) is 4.85. The van der Waals surface area contributed by atoms with Gasteiger partial charge < -0.3 is 4.52 Å². The SMILES string of the molecule is Cc1noc(C)c1[C@H]1CCCN1Cc1cccc(-n2cccn2)c1. The van der Waals surface area contributed by atoms with E-state index in [0.717, 1.165) is 30.2 Å². The molecule has 0 amide bonds. The highest BCUT2D eigenvalue weighted by Gasteiger charge is 2.30. The average molecular weight is 322 g/mol. The third-order valence-corrected chi connectivity index (χ3v) is 4.85. The molecule has 2 aromatic heterocycles. The van der Waals surface area contributed by atoms with Gasteiger partial charge in [0.1, 0.15) is 5.76 Å². The van der Waals surface area contributed by atoms with Crippen molar-refractivity contribution in [2.24, 2.45) is 0 Å². The monoisotopic (exact) mass is 322 g/mol. The molecule has 4 rings (SSSR count). The lowest BCUT2D eigenvalue weighted by Crippen LogP contribution is -2.23. The summed E-state index contributed by atoms with van der Waals surface area (Å²) in [7, 11) is 0. The van der Waals surface area contributed by atoms with Crippen molar-refractivity contribution in [3.05, 3.63) is 65.3 Å². The number of benzene rings is 1. The van der Waals surface area contributed by atoms with Crippen molar-refractivity contribution in [2.45, 2.75) is 39.3 Å². The molecule has 0 unspecified atom stereocenters. The maximum atomic E-state index is 5.39. The van der Waals surface area contributed by atoms with Crippen LogP contribution in [0.1, 0.15) is 41.5 Å². The predicted molar refractivity (Wildman–Crippen MR) is 91.9 cm³/mol. The van der Waals surface area contributed by atoms with Gasteiger partial charge in [0.2, 0.25) is 0 Å². The first-order chi connectivity index (χ1) is 11.7. The highest BCUT2D eigenvalue weighted by molar-refractivity contribution is 5.35. The number of hydrogen-bond donors (Lipinski definition) is 0. The molecular formula is C19H22N4O. The summed E-state index contributed by atoms with van der Waals surface area (Å²) in [5.74, 6) is 0.953. The number of rotatable bonds is 4. The normalized spacial score (nSPS) is 18.3. The molecule has 0 saturated carbocycles. The maximum Gasteiger partial charge on any atom is 0.138 e. The van der Waals surface area contributed by atoms with Crippen LogP contribution in [0.2, 0.25) is 0 Å². The lowest BCUT2D eigenvalue weighted by Gasteiger charge is -2.24. The van der Waals surface area contributed by atoms with Crippen molar-refractivity contribution < 1.29 is 4.52 Å². The molecule has 0 radical (unpaired) electrons. The Balaban J connectivity index is 1.58. The predicted octanol–water partition coefficient (Wildman–Crippen LogP) is 3.81. The Morgan fingerprint density at radius 1 is 1.25 bits per heavy atom. The highest BCUT2D eigenvalue weighted by Crippen LogP contribution is 2.36. The van der Waals surface area contributed by atoms with Crippen LogP contribution in [0.3, 0.4) is 0 Å².